The van der Waals surface area contributed by atoms with E-state index in [2.05, 4.69) is 44.3 Å². The fourth-order valence-corrected chi connectivity index (χ4v) is 5.13. The van der Waals surface area contributed by atoms with Gasteiger partial charge >= 0.3 is 0 Å². The lowest BCUT2D eigenvalue weighted by Gasteiger charge is -2.34. The normalized spacial score (nSPS) is 32.6. The maximum absolute atomic E-state index is 6.30. The lowest BCUT2D eigenvalue weighted by atomic mass is 10.1. The van der Waals surface area contributed by atoms with Crippen LogP contribution in [0.2, 0.25) is 0 Å². The van der Waals surface area contributed by atoms with Gasteiger partial charge in [0, 0.05) is 27.5 Å². The molecule has 0 radical (unpaired) electrons. The molecule has 1 fully saturated rings. The van der Waals surface area contributed by atoms with E-state index in [0.29, 0.717) is 11.3 Å². The Balaban J connectivity index is 2.18. The Bertz CT molecular complexity index is 187. The molecule has 1 rings (SSSR count). The van der Waals surface area contributed by atoms with Crippen molar-refractivity contribution in [3.8, 4) is 0 Å². The summed E-state index contributed by atoms with van der Waals surface area (Å²) >= 11 is 4.23. The van der Waals surface area contributed by atoms with Crippen LogP contribution in [0.5, 0.6) is 0 Å². The molecule has 0 spiro atoms. The van der Waals surface area contributed by atoms with Crippen molar-refractivity contribution in [2.75, 3.05) is 5.75 Å². The van der Waals surface area contributed by atoms with Gasteiger partial charge in [-0.05, 0) is 6.42 Å². The molecule has 1 saturated heterocycles. The summed E-state index contributed by atoms with van der Waals surface area (Å²) in [5, 5.41) is 2.26. The van der Waals surface area contributed by atoms with E-state index in [-0.39, 0.29) is 0 Å². The summed E-state index contributed by atoms with van der Waals surface area (Å²) in [7, 11) is 0. The SMILES string of the molecule is CCCCCCC(N)C1CSC(C)C(C)S1. The third kappa shape index (κ3) is 4.89. The fraction of sp³-hybridized carbons (Fsp3) is 1.00. The smallest absolute Gasteiger partial charge is 0.0292 e. The number of unbranched alkanes of at least 4 members (excludes halogenated alkanes) is 3. The molecule has 3 heteroatoms. The first-order valence-electron chi connectivity index (χ1n) is 6.67. The topological polar surface area (TPSA) is 26.0 Å². The third-order valence-corrected chi connectivity index (χ3v) is 7.01. The molecule has 0 aromatic heterocycles. The van der Waals surface area contributed by atoms with Crippen molar-refractivity contribution in [3.63, 3.8) is 0 Å². The van der Waals surface area contributed by atoms with E-state index >= 15 is 0 Å². The monoisotopic (exact) mass is 261 g/mol. The predicted octanol–water partition coefficient (Wildman–Crippen LogP) is 3.91. The molecule has 96 valence electrons. The summed E-state index contributed by atoms with van der Waals surface area (Å²) in [5.41, 5.74) is 6.30. The Labute approximate surface area is 110 Å². The number of rotatable bonds is 6. The van der Waals surface area contributed by atoms with Crippen molar-refractivity contribution in [1.29, 1.82) is 0 Å². The van der Waals surface area contributed by atoms with Crippen LogP contribution in [0.3, 0.4) is 0 Å². The van der Waals surface area contributed by atoms with Gasteiger partial charge < -0.3 is 5.73 Å². The van der Waals surface area contributed by atoms with Gasteiger partial charge in [-0.1, -0.05) is 46.5 Å². The molecule has 1 aliphatic heterocycles. The first kappa shape index (κ1) is 14.7. The van der Waals surface area contributed by atoms with Crippen LogP contribution in [0, 0.1) is 0 Å². The molecule has 1 heterocycles. The minimum absolute atomic E-state index is 0.421. The molecule has 0 saturated carbocycles. The van der Waals surface area contributed by atoms with Gasteiger partial charge in [0.05, 0.1) is 0 Å². The minimum Gasteiger partial charge on any atom is -0.327 e. The molecule has 0 aromatic rings. The van der Waals surface area contributed by atoms with E-state index in [1.54, 1.807) is 0 Å². The maximum atomic E-state index is 6.30. The van der Waals surface area contributed by atoms with Gasteiger partial charge in [0.2, 0.25) is 0 Å². The lowest BCUT2D eigenvalue weighted by molar-refractivity contribution is 0.545. The molecule has 0 amide bonds. The van der Waals surface area contributed by atoms with Crippen molar-refractivity contribution in [1.82, 2.24) is 0 Å². The second-order valence-corrected chi connectivity index (χ2v) is 7.96. The highest BCUT2D eigenvalue weighted by molar-refractivity contribution is 8.07. The molecule has 0 aromatic carbocycles. The van der Waals surface area contributed by atoms with Crippen molar-refractivity contribution >= 4 is 23.5 Å². The standard InChI is InChI=1S/C13H27NS2/c1-4-5-6-7-8-12(14)13-9-15-10(2)11(3)16-13/h10-13H,4-9,14H2,1-3H3. The molecule has 0 bridgehead atoms. The van der Waals surface area contributed by atoms with Crippen LogP contribution in [0.25, 0.3) is 0 Å². The first-order chi connectivity index (χ1) is 7.65. The Hall–Kier alpha value is 0.660. The van der Waals surface area contributed by atoms with Crippen LogP contribution in [-0.2, 0) is 0 Å². The molecular weight excluding hydrogens is 234 g/mol. The van der Waals surface area contributed by atoms with Gasteiger partial charge in [-0.25, -0.2) is 0 Å². The summed E-state index contributed by atoms with van der Waals surface area (Å²) in [4.78, 5) is 0. The summed E-state index contributed by atoms with van der Waals surface area (Å²) < 4.78 is 0. The largest absolute Gasteiger partial charge is 0.327 e. The molecule has 0 aliphatic carbocycles. The zero-order valence-electron chi connectivity index (χ0n) is 10.9. The first-order valence-corrected chi connectivity index (χ1v) is 8.67. The van der Waals surface area contributed by atoms with Gasteiger partial charge in [0.15, 0.2) is 0 Å². The third-order valence-electron chi connectivity index (χ3n) is 3.44. The fourth-order valence-electron chi connectivity index (χ4n) is 2.02. The molecule has 2 N–H and O–H groups in total. The molecule has 4 atom stereocenters. The van der Waals surface area contributed by atoms with Gasteiger partial charge in [-0.3, -0.25) is 0 Å². The predicted molar refractivity (Wildman–Crippen MR) is 79.5 cm³/mol. The summed E-state index contributed by atoms with van der Waals surface area (Å²) in [6.45, 7) is 6.94. The minimum atomic E-state index is 0.421. The van der Waals surface area contributed by atoms with Crippen molar-refractivity contribution < 1.29 is 0 Å². The van der Waals surface area contributed by atoms with Crippen LogP contribution in [0.1, 0.15) is 52.9 Å². The van der Waals surface area contributed by atoms with E-state index in [1.807, 2.05) is 0 Å². The number of hydrogen-bond donors (Lipinski definition) is 1. The van der Waals surface area contributed by atoms with E-state index in [0.717, 1.165) is 10.5 Å². The second kappa shape index (κ2) is 7.88. The van der Waals surface area contributed by atoms with E-state index in [1.165, 1.54) is 37.9 Å². The molecule has 4 unspecified atom stereocenters. The van der Waals surface area contributed by atoms with E-state index in [9.17, 15) is 0 Å². The summed E-state index contributed by atoms with van der Waals surface area (Å²) in [6, 6.07) is 0.421. The molecular formula is C13H27NS2. The molecule has 16 heavy (non-hydrogen) atoms. The molecule has 1 aliphatic rings. The highest BCUT2D eigenvalue weighted by atomic mass is 32.2. The highest BCUT2D eigenvalue weighted by Gasteiger charge is 2.29. The van der Waals surface area contributed by atoms with Gasteiger partial charge in [0.1, 0.15) is 0 Å². The Morgan fingerprint density at radius 1 is 1.19 bits per heavy atom. The Kier molecular flexibility index (Phi) is 7.25. The zero-order chi connectivity index (χ0) is 12.0. The average molecular weight is 262 g/mol. The Morgan fingerprint density at radius 3 is 2.56 bits per heavy atom. The number of thioether (sulfide) groups is 2. The number of hydrogen-bond acceptors (Lipinski definition) is 3. The van der Waals surface area contributed by atoms with E-state index in [4.69, 9.17) is 5.73 Å². The summed E-state index contributed by atoms with van der Waals surface area (Å²) in [5.74, 6) is 1.26. The van der Waals surface area contributed by atoms with Crippen molar-refractivity contribution in [2.45, 2.75) is 74.7 Å². The van der Waals surface area contributed by atoms with E-state index < -0.39 is 0 Å². The lowest BCUT2D eigenvalue weighted by Crippen LogP contribution is -2.39. The van der Waals surface area contributed by atoms with Crippen LogP contribution in [0.4, 0.5) is 0 Å². The van der Waals surface area contributed by atoms with Gasteiger partial charge in [-0.15, -0.1) is 0 Å². The maximum Gasteiger partial charge on any atom is 0.0292 e. The van der Waals surface area contributed by atoms with Gasteiger partial charge in [-0.2, -0.15) is 23.5 Å². The van der Waals surface area contributed by atoms with Crippen LogP contribution < -0.4 is 5.73 Å². The highest BCUT2D eigenvalue weighted by Crippen LogP contribution is 2.37. The van der Waals surface area contributed by atoms with Crippen molar-refractivity contribution in [3.05, 3.63) is 0 Å². The van der Waals surface area contributed by atoms with Crippen LogP contribution in [0.15, 0.2) is 0 Å². The van der Waals surface area contributed by atoms with Crippen molar-refractivity contribution in [2.24, 2.45) is 5.73 Å². The number of nitrogens with two attached hydrogens (primary N) is 1. The Morgan fingerprint density at radius 2 is 1.94 bits per heavy atom. The van der Waals surface area contributed by atoms with Gasteiger partial charge in [0.25, 0.3) is 0 Å². The summed E-state index contributed by atoms with van der Waals surface area (Å²) in [6.07, 6.45) is 6.59. The molecule has 1 nitrogen and oxygen atoms in total. The average Bonchev–Trinajstić information content (AvgIpc) is 2.28. The quantitative estimate of drug-likeness (QED) is 0.734. The zero-order valence-corrected chi connectivity index (χ0v) is 12.6. The van der Waals surface area contributed by atoms with Crippen LogP contribution >= 0.6 is 23.5 Å². The second-order valence-electron chi connectivity index (χ2n) is 4.93. The van der Waals surface area contributed by atoms with Crippen LogP contribution in [-0.4, -0.2) is 27.5 Å².